The highest BCUT2D eigenvalue weighted by atomic mass is 19.1. The fraction of sp³-hybridized carbons (Fsp3) is 0.350. The topological polar surface area (TPSA) is 94.1 Å². The molecule has 7 nitrogen and oxygen atoms in total. The lowest BCUT2D eigenvalue weighted by atomic mass is 10.0. The molecule has 1 fully saturated rings. The third-order valence-corrected chi connectivity index (χ3v) is 5.47. The number of aryl methyl sites for hydroxylation is 1. The largest absolute Gasteiger partial charge is 0.505 e. The van der Waals surface area contributed by atoms with Gasteiger partial charge >= 0.3 is 0 Å². The Hall–Kier alpha value is -3.00. The summed E-state index contributed by atoms with van der Waals surface area (Å²) in [5.74, 6) is -1.27. The van der Waals surface area contributed by atoms with E-state index >= 15 is 0 Å². The molecule has 1 aromatic carbocycles. The Kier molecular flexibility index (Phi) is 4.50. The fourth-order valence-corrected chi connectivity index (χ4v) is 3.66. The number of phenolic OH excluding ortho intramolecular Hbond substituents is 1. The summed E-state index contributed by atoms with van der Waals surface area (Å²) < 4.78 is 13.8. The Bertz CT molecular complexity index is 1060. The summed E-state index contributed by atoms with van der Waals surface area (Å²) in [5, 5.41) is 20.6. The molecule has 0 radical (unpaired) electrons. The summed E-state index contributed by atoms with van der Waals surface area (Å²) in [6.45, 7) is 7.25. The lowest BCUT2D eigenvalue weighted by Crippen LogP contribution is -2.57. The molecule has 0 bridgehead atoms. The number of hydrogen-bond acceptors (Lipinski definition) is 5. The molecule has 2 atom stereocenters. The predicted molar refractivity (Wildman–Crippen MR) is 104 cm³/mol. The van der Waals surface area contributed by atoms with Crippen molar-refractivity contribution in [3.63, 3.8) is 0 Å². The van der Waals surface area contributed by atoms with E-state index in [1.165, 1.54) is 12.1 Å². The van der Waals surface area contributed by atoms with Gasteiger partial charge in [-0.05, 0) is 45.0 Å². The molecule has 1 aliphatic heterocycles. The van der Waals surface area contributed by atoms with Crippen LogP contribution in [-0.2, 0) is 0 Å². The molecule has 2 unspecified atom stereocenters. The van der Waals surface area contributed by atoms with Crippen molar-refractivity contribution < 1.29 is 14.3 Å². The number of nitrogens with one attached hydrogen (secondary N) is 2. The zero-order valence-corrected chi connectivity index (χ0v) is 16.0. The summed E-state index contributed by atoms with van der Waals surface area (Å²) >= 11 is 0. The Morgan fingerprint density at radius 2 is 2.11 bits per heavy atom. The first-order valence-corrected chi connectivity index (χ1v) is 9.25. The molecule has 3 aromatic rings. The van der Waals surface area contributed by atoms with E-state index in [-0.39, 0.29) is 18.0 Å². The van der Waals surface area contributed by atoms with Gasteiger partial charge in [-0.25, -0.2) is 9.37 Å². The van der Waals surface area contributed by atoms with Crippen molar-refractivity contribution >= 4 is 16.9 Å². The highest BCUT2D eigenvalue weighted by Crippen LogP contribution is 2.29. The average molecular weight is 383 g/mol. The number of pyridine rings is 1. The van der Waals surface area contributed by atoms with Gasteiger partial charge in [0.1, 0.15) is 0 Å². The zero-order valence-electron chi connectivity index (χ0n) is 16.0. The number of amides is 1. The maximum absolute atomic E-state index is 13.8. The van der Waals surface area contributed by atoms with Gasteiger partial charge in [0, 0.05) is 36.4 Å². The van der Waals surface area contributed by atoms with E-state index < -0.39 is 11.6 Å². The molecule has 1 amide bonds. The molecule has 3 heterocycles. The number of rotatable bonds is 2. The summed E-state index contributed by atoms with van der Waals surface area (Å²) in [6, 6.07) is 5.94. The lowest BCUT2D eigenvalue weighted by Gasteiger charge is -2.38. The second-order valence-electron chi connectivity index (χ2n) is 7.25. The van der Waals surface area contributed by atoms with Crippen molar-refractivity contribution in [2.45, 2.75) is 32.9 Å². The number of aromatic amines is 1. The number of fused-ring (bicyclic) bond motifs is 1. The molecule has 1 aliphatic rings. The van der Waals surface area contributed by atoms with Crippen molar-refractivity contribution in [1.29, 1.82) is 0 Å². The highest BCUT2D eigenvalue weighted by Gasteiger charge is 2.30. The molecule has 0 spiro atoms. The number of aromatic hydroxyl groups is 1. The van der Waals surface area contributed by atoms with Gasteiger partial charge in [-0.15, -0.1) is 0 Å². The molecule has 28 heavy (non-hydrogen) atoms. The number of piperazine rings is 1. The minimum absolute atomic E-state index is 0.0336. The number of phenols is 1. The normalized spacial score (nSPS) is 19.9. The third kappa shape index (κ3) is 2.99. The molecular formula is C20H22FN5O2. The van der Waals surface area contributed by atoms with Gasteiger partial charge in [-0.2, -0.15) is 5.10 Å². The van der Waals surface area contributed by atoms with Gasteiger partial charge in [0.2, 0.25) is 0 Å². The SMILES string of the molecule is Cc1[nH]nc2nc(-c3ccc(O)c(F)c3)cc(C(=O)N3CCNC(C)C3C)c12. The van der Waals surface area contributed by atoms with E-state index in [2.05, 4.69) is 27.4 Å². The van der Waals surface area contributed by atoms with E-state index in [1.807, 2.05) is 18.7 Å². The minimum atomic E-state index is -0.741. The Morgan fingerprint density at radius 1 is 1.32 bits per heavy atom. The Labute approximate surface area is 161 Å². The lowest BCUT2D eigenvalue weighted by molar-refractivity contribution is 0.0605. The number of hydrogen-bond donors (Lipinski definition) is 3. The van der Waals surface area contributed by atoms with Gasteiger partial charge in [-0.1, -0.05) is 0 Å². The van der Waals surface area contributed by atoms with Crippen LogP contribution in [0, 0.1) is 12.7 Å². The summed E-state index contributed by atoms with van der Waals surface area (Å²) in [6.07, 6.45) is 0. The molecule has 8 heteroatoms. The molecule has 0 aliphatic carbocycles. The van der Waals surface area contributed by atoms with Gasteiger partial charge < -0.3 is 15.3 Å². The molecule has 146 valence electrons. The van der Waals surface area contributed by atoms with E-state index in [9.17, 15) is 14.3 Å². The van der Waals surface area contributed by atoms with E-state index in [1.54, 1.807) is 12.1 Å². The van der Waals surface area contributed by atoms with E-state index in [0.29, 0.717) is 34.4 Å². The van der Waals surface area contributed by atoms with Crippen LogP contribution < -0.4 is 5.32 Å². The maximum Gasteiger partial charge on any atom is 0.255 e. The maximum atomic E-state index is 13.8. The van der Waals surface area contributed by atoms with Crippen LogP contribution in [0.5, 0.6) is 5.75 Å². The number of benzene rings is 1. The quantitative estimate of drug-likeness (QED) is 0.632. The number of nitrogens with zero attached hydrogens (tertiary/aromatic N) is 3. The van der Waals surface area contributed by atoms with E-state index in [4.69, 9.17) is 0 Å². The van der Waals surface area contributed by atoms with Crippen molar-refractivity contribution in [3.05, 3.63) is 41.3 Å². The molecule has 2 aromatic heterocycles. The van der Waals surface area contributed by atoms with Crippen molar-refractivity contribution in [1.82, 2.24) is 25.4 Å². The first-order chi connectivity index (χ1) is 13.4. The van der Waals surface area contributed by atoms with Crippen LogP contribution >= 0.6 is 0 Å². The van der Waals surface area contributed by atoms with Crippen LogP contribution in [0.2, 0.25) is 0 Å². The van der Waals surface area contributed by atoms with Gasteiger partial charge in [0.25, 0.3) is 5.91 Å². The van der Waals surface area contributed by atoms with Crippen LogP contribution in [0.1, 0.15) is 29.9 Å². The minimum Gasteiger partial charge on any atom is -0.505 e. The van der Waals surface area contributed by atoms with Crippen molar-refractivity contribution in [3.8, 4) is 17.0 Å². The number of carbonyl (C=O) groups excluding carboxylic acids is 1. The Morgan fingerprint density at radius 3 is 2.86 bits per heavy atom. The van der Waals surface area contributed by atoms with Gasteiger partial charge in [-0.3, -0.25) is 9.89 Å². The molecule has 3 N–H and O–H groups in total. The monoisotopic (exact) mass is 383 g/mol. The fourth-order valence-electron chi connectivity index (χ4n) is 3.66. The summed E-state index contributed by atoms with van der Waals surface area (Å²) in [7, 11) is 0. The smallest absolute Gasteiger partial charge is 0.255 e. The number of carbonyl (C=O) groups is 1. The van der Waals surface area contributed by atoms with Crippen LogP contribution in [0.15, 0.2) is 24.3 Å². The number of H-pyrrole nitrogens is 1. The zero-order chi connectivity index (χ0) is 20.0. The number of halogens is 1. The second-order valence-corrected chi connectivity index (χ2v) is 7.25. The van der Waals surface area contributed by atoms with Crippen LogP contribution in [0.3, 0.4) is 0 Å². The van der Waals surface area contributed by atoms with Gasteiger partial charge in [0.05, 0.1) is 16.6 Å². The molecule has 0 saturated carbocycles. The highest BCUT2D eigenvalue weighted by molar-refractivity contribution is 6.07. The molecule has 1 saturated heterocycles. The standard InChI is InChI=1S/C20H22FN5O2/c1-10-12(3)26(7-6-22-10)20(28)14-9-16(13-4-5-17(27)15(21)8-13)23-19-18(14)11(2)24-25-19/h4-5,8-10,12,22,27H,6-7H2,1-3H3,(H,23,24,25). The van der Waals surface area contributed by atoms with Crippen molar-refractivity contribution in [2.24, 2.45) is 0 Å². The average Bonchev–Trinajstić information content (AvgIpc) is 3.06. The molecular weight excluding hydrogens is 361 g/mol. The Balaban J connectivity index is 1.85. The number of aromatic nitrogens is 3. The second kappa shape index (κ2) is 6.87. The van der Waals surface area contributed by atoms with Crippen LogP contribution in [-0.4, -0.2) is 56.3 Å². The van der Waals surface area contributed by atoms with Crippen LogP contribution in [0.25, 0.3) is 22.3 Å². The first-order valence-electron chi connectivity index (χ1n) is 9.25. The van der Waals surface area contributed by atoms with Crippen molar-refractivity contribution in [2.75, 3.05) is 13.1 Å². The van der Waals surface area contributed by atoms with E-state index in [0.717, 1.165) is 12.2 Å². The predicted octanol–water partition coefficient (Wildman–Crippen LogP) is 2.60. The summed E-state index contributed by atoms with van der Waals surface area (Å²) in [4.78, 5) is 19.8. The summed E-state index contributed by atoms with van der Waals surface area (Å²) in [5.41, 5.74) is 2.54. The molecule has 4 rings (SSSR count). The third-order valence-electron chi connectivity index (χ3n) is 5.47. The van der Waals surface area contributed by atoms with Crippen LogP contribution in [0.4, 0.5) is 4.39 Å². The first kappa shape index (κ1) is 18.4. The van der Waals surface area contributed by atoms with Gasteiger partial charge in [0.15, 0.2) is 17.2 Å².